The maximum absolute atomic E-state index is 12.6. The number of ether oxygens (including phenoxy) is 2. The van der Waals surface area contributed by atoms with Gasteiger partial charge in [0.2, 0.25) is 12.7 Å². The Bertz CT molecular complexity index is 818. The van der Waals surface area contributed by atoms with Crippen molar-refractivity contribution in [1.82, 2.24) is 0 Å². The highest BCUT2D eigenvalue weighted by molar-refractivity contribution is 6.30. The molecule has 0 spiro atoms. The Morgan fingerprint density at radius 1 is 1.17 bits per heavy atom. The second-order valence-electron chi connectivity index (χ2n) is 6.55. The maximum Gasteiger partial charge on any atom is 0.232 e. The first-order valence-corrected chi connectivity index (χ1v) is 8.10. The number of carbonyl (C=O) groups is 1. The third-order valence-corrected chi connectivity index (χ3v) is 4.82. The van der Waals surface area contributed by atoms with Crippen LogP contribution in [0.15, 0.2) is 36.4 Å². The summed E-state index contributed by atoms with van der Waals surface area (Å²) in [6.45, 7) is 4.04. The second kappa shape index (κ2) is 5.31. The van der Waals surface area contributed by atoms with Crippen molar-refractivity contribution in [2.75, 3.05) is 17.4 Å². The van der Waals surface area contributed by atoms with Crippen molar-refractivity contribution in [2.45, 2.75) is 19.9 Å². The molecule has 0 aromatic heterocycles. The summed E-state index contributed by atoms with van der Waals surface area (Å²) in [5.41, 5.74) is 1.98. The predicted molar refractivity (Wildman–Crippen MR) is 92.8 cm³/mol. The fraction of sp³-hybridized carbons (Fsp3) is 0.278. The normalized spacial score (nSPS) is 20.3. The van der Waals surface area contributed by atoms with E-state index in [4.69, 9.17) is 21.1 Å². The zero-order chi connectivity index (χ0) is 16.9. The average Bonchev–Trinajstić information content (AvgIpc) is 2.99. The van der Waals surface area contributed by atoms with Gasteiger partial charge in [-0.1, -0.05) is 11.6 Å². The van der Waals surface area contributed by atoms with Gasteiger partial charge in [-0.3, -0.25) is 4.79 Å². The molecule has 1 amide bonds. The largest absolute Gasteiger partial charge is 0.454 e. The van der Waals surface area contributed by atoms with E-state index in [0.29, 0.717) is 16.5 Å². The summed E-state index contributed by atoms with van der Waals surface area (Å²) < 4.78 is 10.9. The number of hydrogen-bond acceptors (Lipinski definition) is 4. The van der Waals surface area contributed by atoms with Gasteiger partial charge in [0, 0.05) is 28.0 Å². The minimum atomic E-state index is -0.639. The number of nitrogens with one attached hydrogen (secondary N) is 2. The van der Waals surface area contributed by atoms with E-state index in [1.165, 1.54) is 0 Å². The molecule has 2 aliphatic rings. The SMILES string of the molecule is CC1(C)C(=O)Nc2cc3c(cc2C1Nc1ccc(Cl)cc1)OCO3. The van der Waals surface area contributed by atoms with E-state index >= 15 is 0 Å². The van der Waals surface area contributed by atoms with Crippen molar-refractivity contribution < 1.29 is 14.3 Å². The summed E-state index contributed by atoms with van der Waals surface area (Å²) in [5, 5.41) is 7.10. The Morgan fingerprint density at radius 2 is 1.83 bits per heavy atom. The standard InChI is InChI=1S/C18H17ClN2O3/c1-18(2)16(20-11-5-3-10(19)4-6-11)12-7-14-15(24-9-23-14)8-13(12)21-17(18)22/h3-8,16,20H,9H2,1-2H3,(H,21,22). The molecule has 6 heteroatoms. The summed E-state index contributed by atoms with van der Waals surface area (Å²) in [6.07, 6.45) is 0. The lowest BCUT2D eigenvalue weighted by Gasteiger charge is -2.39. The topological polar surface area (TPSA) is 59.6 Å². The third-order valence-electron chi connectivity index (χ3n) is 4.57. The second-order valence-corrected chi connectivity index (χ2v) is 6.99. The molecule has 0 bridgehead atoms. The third kappa shape index (κ3) is 2.36. The minimum Gasteiger partial charge on any atom is -0.454 e. The molecule has 0 radical (unpaired) electrons. The van der Waals surface area contributed by atoms with Crippen LogP contribution in [0.25, 0.3) is 0 Å². The molecule has 24 heavy (non-hydrogen) atoms. The molecule has 0 saturated heterocycles. The molecule has 2 aromatic carbocycles. The highest BCUT2D eigenvalue weighted by atomic mass is 35.5. The molecular weight excluding hydrogens is 328 g/mol. The first-order valence-electron chi connectivity index (χ1n) is 7.72. The van der Waals surface area contributed by atoms with Crippen LogP contribution in [0.5, 0.6) is 11.5 Å². The van der Waals surface area contributed by atoms with Crippen molar-refractivity contribution >= 4 is 28.9 Å². The molecule has 2 N–H and O–H groups in total. The van der Waals surface area contributed by atoms with Crippen LogP contribution in [0.2, 0.25) is 5.02 Å². The van der Waals surface area contributed by atoms with Crippen molar-refractivity contribution in [3.05, 3.63) is 47.0 Å². The van der Waals surface area contributed by atoms with E-state index in [9.17, 15) is 4.79 Å². The fourth-order valence-corrected chi connectivity index (χ4v) is 3.20. The summed E-state index contributed by atoms with van der Waals surface area (Å²) in [5.74, 6) is 1.31. The molecule has 2 aliphatic heterocycles. The number of halogens is 1. The number of anilines is 2. The number of benzene rings is 2. The van der Waals surface area contributed by atoms with Crippen LogP contribution in [0.4, 0.5) is 11.4 Å². The molecule has 0 aliphatic carbocycles. The van der Waals surface area contributed by atoms with Gasteiger partial charge in [0.1, 0.15) is 0 Å². The van der Waals surface area contributed by atoms with Crippen LogP contribution in [0.1, 0.15) is 25.5 Å². The van der Waals surface area contributed by atoms with Gasteiger partial charge in [-0.15, -0.1) is 0 Å². The van der Waals surface area contributed by atoms with Crippen LogP contribution < -0.4 is 20.1 Å². The lowest BCUT2D eigenvalue weighted by molar-refractivity contribution is -0.125. The molecular formula is C18H17ClN2O3. The van der Waals surface area contributed by atoms with Crippen molar-refractivity contribution in [3.63, 3.8) is 0 Å². The van der Waals surface area contributed by atoms with Crippen LogP contribution >= 0.6 is 11.6 Å². The Kier molecular flexibility index (Phi) is 3.35. The molecule has 0 fully saturated rings. The maximum atomic E-state index is 12.6. The molecule has 124 valence electrons. The average molecular weight is 345 g/mol. The zero-order valence-electron chi connectivity index (χ0n) is 13.4. The number of carbonyl (C=O) groups excluding carboxylic acids is 1. The van der Waals surface area contributed by atoms with Crippen LogP contribution in [0, 0.1) is 5.41 Å². The molecule has 1 atom stereocenters. The molecule has 0 saturated carbocycles. The van der Waals surface area contributed by atoms with Crippen LogP contribution in [0.3, 0.4) is 0 Å². The smallest absolute Gasteiger partial charge is 0.232 e. The zero-order valence-corrected chi connectivity index (χ0v) is 14.1. The Morgan fingerprint density at radius 3 is 2.54 bits per heavy atom. The Hall–Kier alpha value is -2.40. The van der Waals surface area contributed by atoms with Gasteiger partial charge in [-0.05, 0) is 44.2 Å². The van der Waals surface area contributed by atoms with E-state index in [1.54, 1.807) is 0 Å². The molecule has 4 rings (SSSR count). The first kappa shape index (κ1) is 15.1. The van der Waals surface area contributed by atoms with Gasteiger partial charge in [0.05, 0.1) is 11.5 Å². The summed E-state index contributed by atoms with van der Waals surface area (Å²) >= 11 is 5.96. The monoisotopic (exact) mass is 344 g/mol. The molecule has 2 aromatic rings. The predicted octanol–water partition coefficient (Wildman–Crippen LogP) is 4.20. The van der Waals surface area contributed by atoms with Gasteiger partial charge in [-0.2, -0.15) is 0 Å². The molecule has 5 nitrogen and oxygen atoms in total. The number of amides is 1. The van der Waals surface area contributed by atoms with Gasteiger partial charge < -0.3 is 20.1 Å². The highest BCUT2D eigenvalue weighted by Gasteiger charge is 2.43. The Labute approximate surface area is 144 Å². The quantitative estimate of drug-likeness (QED) is 0.857. The lowest BCUT2D eigenvalue weighted by Crippen LogP contribution is -2.43. The number of hydrogen-bond donors (Lipinski definition) is 2. The van der Waals surface area contributed by atoms with Crippen LogP contribution in [-0.4, -0.2) is 12.7 Å². The number of rotatable bonds is 2. The van der Waals surface area contributed by atoms with Gasteiger partial charge in [-0.25, -0.2) is 0 Å². The van der Waals surface area contributed by atoms with E-state index in [-0.39, 0.29) is 18.7 Å². The van der Waals surface area contributed by atoms with Crippen molar-refractivity contribution in [2.24, 2.45) is 5.41 Å². The van der Waals surface area contributed by atoms with Gasteiger partial charge >= 0.3 is 0 Å². The van der Waals surface area contributed by atoms with E-state index in [2.05, 4.69) is 10.6 Å². The van der Waals surface area contributed by atoms with E-state index in [0.717, 1.165) is 16.9 Å². The summed E-state index contributed by atoms with van der Waals surface area (Å²) in [4.78, 5) is 12.6. The highest BCUT2D eigenvalue weighted by Crippen LogP contribution is 2.48. The fourth-order valence-electron chi connectivity index (χ4n) is 3.08. The summed E-state index contributed by atoms with van der Waals surface area (Å²) in [6, 6.07) is 11.0. The molecule has 2 heterocycles. The van der Waals surface area contributed by atoms with Crippen LogP contribution in [-0.2, 0) is 4.79 Å². The van der Waals surface area contributed by atoms with E-state index in [1.807, 2.05) is 50.2 Å². The summed E-state index contributed by atoms with van der Waals surface area (Å²) in [7, 11) is 0. The van der Waals surface area contributed by atoms with Gasteiger partial charge in [0.25, 0.3) is 0 Å². The number of fused-ring (bicyclic) bond motifs is 2. The van der Waals surface area contributed by atoms with Crippen molar-refractivity contribution in [1.29, 1.82) is 0 Å². The Balaban J connectivity index is 1.78. The van der Waals surface area contributed by atoms with Crippen molar-refractivity contribution in [3.8, 4) is 11.5 Å². The lowest BCUT2D eigenvalue weighted by atomic mass is 9.76. The minimum absolute atomic E-state index is 0.0414. The first-order chi connectivity index (χ1) is 11.4. The van der Waals surface area contributed by atoms with Gasteiger partial charge in [0.15, 0.2) is 11.5 Å². The van der Waals surface area contributed by atoms with E-state index < -0.39 is 5.41 Å². The molecule has 1 unspecified atom stereocenters.